The molecule has 1 aliphatic rings. The number of H-pyrrole nitrogens is 1. The van der Waals surface area contributed by atoms with Crippen LogP contribution in [0.5, 0.6) is 0 Å². The van der Waals surface area contributed by atoms with Gasteiger partial charge in [-0.15, -0.1) is 0 Å². The number of hydrogen-bond acceptors (Lipinski definition) is 3. The van der Waals surface area contributed by atoms with E-state index in [4.69, 9.17) is 0 Å². The van der Waals surface area contributed by atoms with E-state index >= 15 is 0 Å². The number of aromatic amines is 1. The first-order chi connectivity index (χ1) is 12.8. The van der Waals surface area contributed by atoms with Crippen LogP contribution in [0, 0.1) is 0 Å². The molecule has 0 fully saturated rings. The Morgan fingerprint density at radius 2 is 1.58 bits per heavy atom. The first kappa shape index (κ1) is 16.6. The highest BCUT2D eigenvalue weighted by Crippen LogP contribution is 2.30. The van der Waals surface area contributed by atoms with Crippen LogP contribution in [-0.4, -0.2) is 16.5 Å². The molecule has 2 heterocycles. The van der Waals surface area contributed by atoms with Gasteiger partial charge in [0.2, 0.25) is 0 Å². The molecule has 0 saturated carbocycles. The molecular formula is C22H23N3O. The van der Waals surface area contributed by atoms with Crippen molar-refractivity contribution >= 4 is 5.82 Å². The van der Waals surface area contributed by atoms with Gasteiger partial charge in [0.1, 0.15) is 5.82 Å². The average molecular weight is 345 g/mol. The third-order valence-electron chi connectivity index (χ3n) is 5.08. The van der Waals surface area contributed by atoms with Crippen LogP contribution in [0.2, 0.25) is 0 Å². The Morgan fingerprint density at radius 3 is 2.23 bits per heavy atom. The highest BCUT2D eigenvalue weighted by atomic mass is 16.1. The van der Waals surface area contributed by atoms with Crippen LogP contribution in [0.4, 0.5) is 5.82 Å². The maximum atomic E-state index is 12.1. The number of hydrogen-bond donors (Lipinski definition) is 2. The summed E-state index contributed by atoms with van der Waals surface area (Å²) in [5.74, 6) is 0.962. The zero-order valence-electron chi connectivity index (χ0n) is 14.7. The maximum Gasteiger partial charge on any atom is 0.347 e. The van der Waals surface area contributed by atoms with Crippen LogP contribution >= 0.6 is 0 Å². The van der Waals surface area contributed by atoms with Gasteiger partial charge in [0, 0.05) is 23.7 Å². The Kier molecular flexibility index (Phi) is 4.82. The number of anilines is 1. The van der Waals surface area contributed by atoms with Crippen molar-refractivity contribution in [3.8, 4) is 0 Å². The largest absolute Gasteiger partial charge is 0.370 e. The van der Waals surface area contributed by atoms with Gasteiger partial charge in [-0.1, -0.05) is 60.7 Å². The van der Waals surface area contributed by atoms with Crippen LogP contribution < -0.4 is 11.0 Å². The molecule has 1 aromatic heterocycles. The van der Waals surface area contributed by atoms with Gasteiger partial charge in [-0.05, 0) is 36.8 Å². The fourth-order valence-electron chi connectivity index (χ4n) is 3.77. The standard InChI is InChI=1S/C22H23N3O/c26-22-24-20(18-13-7-8-14-23-21(18)25-22)15-19(16-9-3-1-4-10-16)17-11-5-2-6-12-17/h1-6,9-12,19H,7-8,13-15H2,(H2,23,24,25,26). The first-order valence-corrected chi connectivity index (χ1v) is 9.27. The zero-order valence-corrected chi connectivity index (χ0v) is 14.7. The van der Waals surface area contributed by atoms with Crippen LogP contribution in [0.3, 0.4) is 0 Å². The summed E-state index contributed by atoms with van der Waals surface area (Å²) < 4.78 is 0. The van der Waals surface area contributed by atoms with Gasteiger partial charge in [-0.3, -0.25) is 0 Å². The second kappa shape index (κ2) is 7.56. The summed E-state index contributed by atoms with van der Waals surface area (Å²) in [6, 6.07) is 21.0. The minimum Gasteiger partial charge on any atom is -0.370 e. The van der Waals surface area contributed by atoms with E-state index in [2.05, 4.69) is 63.8 Å². The van der Waals surface area contributed by atoms with E-state index in [-0.39, 0.29) is 11.6 Å². The second-order valence-electron chi connectivity index (χ2n) is 6.81. The molecule has 2 aromatic carbocycles. The van der Waals surface area contributed by atoms with Gasteiger partial charge in [0.15, 0.2) is 0 Å². The van der Waals surface area contributed by atoms with Crippen molar-refractivity contribution in [3.05, 3.63) is 93.5 Å². The van der Waals surface area contributed by atoms with Crippen LogP contribution in [0.1, 0.15) is 41.1 Å². The Bertz CT molecular complexity index is 880. The lowest BCUT2D eigenvalue weighted by Crippen LogP contribution is -2.20. The summed E-state index contributed by atoms with van der Waals surface area (Å²) in [6.07, 6.45) is 3.93. The average Bonchev–Trinajstić information content (AvgIpc) is 2.93. The minimum atomic E-state index is -0.270. The first-order valence-electron chi connectivity index (χ1n) is 9.27. The molecule has 2 N–H and O–H groups in total. The van der Waals surface area contributed by atoms with Crippen LogP contribution in [0.25, 0.3) is 0 Å². The summed E-state index contributed by atoms with van der Waals surface area (Å²) in [4.78, 5) is 19.3. The van der Waals surface area contributed by atoms with Gasteiger partial charge >= 0.3 is 5.69 Å². The lowest BCUT2D eigenvalue weighted by molar-refractivity contribution is 0.738. The number of benzene rings is 2. The van der Waals surface area contributed by atoms with Crippen LogP contribution in [-0.2, 0) is 12.8 Å². The van der Waals surface area contributed by atoms with Gasteiger partial charge < -0.3 is 10.3 Å². The molecule has 4 heteroatoms. The zero-order chi connectivity index (χ0) is 17.8. The monoisotopic (exact) mass is 345 g/mol. The number of rotatable bonds is 4. The van der Waals surface area contributed by atoms with E-state index in [1.54, 1.807) is 0 Å². The summed E-state index contributed by atoms with van der Waals surface area (Å²) in [5, 5.41) is 3.33. The van der Waals surface area contributed by atoms with Gasteiger partial charge in [0.25, 0.3) is 0 Å². The molecule has 0 radical (unpaired) electrons. The van der Waals surface area contributed by atoms with E-state index in [0.717, 1.165) is 43.7 Å². The highest BCUT2D eigenvalue weighted by molar-refractivity contribution is 5.48. The molecule has 26 heavy (non-hydrogen) atoms. The summed E-state index contributed by atoms with van der Waals surface area (Å²) >= 11 is 0. The quantitative estimate of drug-likeness (QED) is 0.754. The van der Waals surface area contributed by atoms with Gasteiger partial charge in [-0.2, -0.15) is 4.98 Å². The summed E-state index contributed by atoms with van der Waals surface area (Å²) in [6.45, 7) is 0.879. The molecule has 0 atom stereocenters. The van der Waals surface area contributed by atoms with Crippen molar-refractivity contribution in [1.82, 2.24) is 9.97 Å². The fourth-order valence-corrected chi connectivity index (χ4v) is 3.77. The molecule has 4 nitrogen and oxygen atoms in total. The second-order valence-corrected chi connectivity index (χ2v) is 6.81. The van der Waals surface area contributed by atoms with Gasteiger partial charge in [-0.25, -0.2) is 4.79 Å². The Morgan fingerprint density at radius 1 is 0.923 bits per heavy atom. The highest BCUT2D eigenvalue weighted by Gasteiger charge is 2.20. The Hall–Kier alpha value is -2.88. The molecule has 4 rings (SSSR count). The molecule has 0 spiro atoms. The number of nitrogens with zero attached hydrogens (tertiary/aromatic N) is 1. The van der Waals surface area contributed by atoms with E-state index < -0.39 is 0 Å². The third-order valence-corrected chi connectivity index (χ3v) is 5.08. The number of aromatic nitrogens is 2. The van der Waals surface area contributed by atoms with Crippen molar-refractivity contribution in [2.45, 2.75) is 31.6 Å². The summed E-state index contributed by atoms with van der Waals surface area (Å²) in [7, 11) is 0. The predicted octanol–water partition coefficient (Wildman–Crippen LogP) is 3.89. The molecular weight excluding hydrogens is 322 g/mol. The molecule has 0 saturated heterocycles. The molecule has 3 aromatic rings. The van der Waals surface area contributed by atoms with Crippen molar-refractivity contribution in [1.29, 1.82) is 0 Å². The van der Waals surface area contributed by atoms with Gasteiger partial charge in [0.05, 0.1) is 0 Å². The Balaban J connectivity index is 1.77. The smallest absolute Gasteiger partial charge is 0.347 e. The lowest BCUT2D eigenvalue weighted by atomic mass is 9.86. The molecule has 0 aliphatic carbocycles. The van der Waals surface area contributed by atoms with Crippen molar-refractivity contribution in [2.24, 2.45) is 0 Å². The predicted molar refractivity (Wildman–Crippen MR) is 105 cm³/mol. The lowest BCUT2D eigenvalue weighted by Gasteiger charge is -2.20. The molecule has 132 valence electrons. The fraction of sp³-hybridized carbons (Fsp3) is 0.273. The van der Waals surface area contributed by atoms with Crippen LogP contribution in [0.15, 0.2) is 65.5 Å². The van der Waals surface area contributed by atoms with E-state index in [9.17, 15) is 4.79 Å². The topological polar surface area (TPSA) is 57.8 Å². The number of nitrogens with one attached hydrogen (secondary N) is 2. The molecule has 0 amide bonds. The van der Waals surface area contributed by atoms with E-state index in [1.807, 2.05) is 12.1 Å². The van der Waals surface area contributed by atoms with E-state index in [0.29, 0.717) is 0 Å². The third kappa shape index (κ3) is 3.54. The maximum absolute atomic E-state index is 12.1. The molecule has 0 unspecified atom stereocenters. The Labute approximate surface area is 153 Å². The molecule has 0 bridgehead atoms. The minimum absolute atomic E-state index is 0.197. The SMILES string of the molecule is O=c1nc2c(c(CC(c3ccccc3)c3ccccc3)[nH]1)CCCCN2. The summed E-state index contributed by atoms with van der Waals surface area (Å²) in [5.41, 5.74) is 4.41. The number of fused-ring (bicyclic) bond motifs is 1. The van der Waals surface area contributed by atoms with Crippen molar-refractivity contribution in [2.75, 3.05) is 11.9 Å². The van der Waals surface area contributed by atoms with Crippen molar-refractivity contribution < 1.29 is 0 Å². The molecule has 1 aliphatic heterocycles. The van der Waals surface area contributed by atoms with E-state index in [1.165, 1.54) is 16.7 Å². The van der Waals surface area contributed by atoms with Crippen molar-refractivity contribution in [3.63, 3.8) is 0 Å². The normalized spacial score (nSPS) is 13.7.